The molecule has 1 aromatic rings. The Labute approximate surface area is 56.8 Å². The van der Waals surface area contributed by atoms with Crippen LogP contribution in [0.5, 0.6) is 0 Å². The second kappa shape index (κ2) is 2.24. The highest BCUT2D eigenvalue weighted by atomic mass is 35.5. The summed E-state index contributed by atoms with van der Waals surface area (Å²) in [4.78, 5) is 0.587. The van der Waals surface area contributed by atoms with Crippen molar-refractivity contribution < 1.29 is 5.21 Å². The van der Waals surface area contributed by atoms with Crippen molar-refractivity contribution in [3.8, 4) is 0 Å². The molecule has 0 saturated heterocycles. The molecule has 1 rings (SSSR count). The largest absolute Gasteiger partial charge is 0.411 e. The molecule has 0 aliphatic heterocycles. The Morgan fingerprint density at radius 1 is 1.89 bits per heavy atom. The molecule has 0 atom stereocenters. The molecular formula is C4H6ClN3O. The molecule has 5 heteroatoms. The van der Waals surface area contributed by atoms with Gasteiger partial charge in [0.15, 0.2) is 5.15 Å². The minimum Gasteiger partial charge on any atom is -0.411 e. The lowest BCUT2D eigenvalue weighted by atomic mass is 10.4. The van der Waals surface area contributed by atoms with Gasteiger partial charge in [0.1, 0.15) is 0 Å². The average Bonchev–Trinajstić information content (AvgIpc) is 2.15. The summed E-state index contributed by atoms with van der Waals surface area (Å²) >= 11 is 5.48. The van der Waals surface area contributed by atoms with E-state index in [0.717, 1.165) is 0 Å². The van der Waals surface area contributed by atoms with E-state index >= 15 is 0 Å². The highest BCUT2D eigenvalue weighted by molar-refractivity contribution is 6.30. The van der Waals surface area contributed by atoms with E-state index in [-0.39, 0.29) is 5.15 Å². The summed E-state index contributed by atoms with van der Waals surface area (Å²) in [5.74, 6) is 0. The van der Waals surface area contributed by atoms with Crippen LogP contribution in [0.4, 0.5) is 0 Å². The Kier molecular flexibility index (Phi) is 1.59. The van der Waals surface area contributed by atoms with Gasteiger partial charge < -0.3 is 10.9 Å². The maximum absolute atomic E-state index is 8.69. The maximum Gasteiger partial charge on any atom is 0.172 e. The van der Waals surface area contributed by atoms with E-state index in [1.54, 1.807) is 0 Å². The first-order valence-electron chi connectivity index (χ1n) is 2.37. The van der Waals surface area contributed by atoms with Crippen molar-refractivity contribution in [1.82, 2.24) is 9.94 Å². The molecule has 0 fully saturated rings. The summed E-state index contributed by atoms with van der Waals surface area (Å²) in [6.45, 7) is 0.291. The van der Waals surface area contributed by atoms with Crippen molar-refractivity contribution >= 4 is 11.6 Å². The van der Waals surface area contributed by atoms with Crippen LogP contribution in [0.25, 0.3) is 0 Å². The van der Waals surface area contributed by atoms with Gasteiger partial charge in [-0.05, 0) is 0 Å². The second-order valence-electron chi connectivity index (χ2n) is 1.55. The zero-order chi connectivity index (χ0) is 6.85. The number of hydrogen-bond acceptors (Lipinski definition) is 3. The summed E-state index contributed by atoms with van der Waals surface area (Å²) in [7, 11) is 0. The predicted octanol–water partition coefficient (Wildman–Crippen LogP) is 0.233. The highest BCUT2D eigenvalue weighted by Crippen LogP contribution is 2.11. The van der Waals surface area contributed by atoms with E-state index in [1.807, 2.05) is 0 Å². The van der Waals surface area contributed by atoms with E-state index < -0.39 is 0 Å². The number of rotatable bonds is 1. The van der Waals surface area contributed by atoms with Crippen LogP contribution in [-0.4, -0.2) is 15.2 Å². The van der Waals surface area contributed by atoms with E-state index in [9.17, 15) is 0 Å². The smallest absolute Gasteiger partial charge is 0.172 e. The van der Waals surface area contributed by atoms with Crippen molar-refractivity contribution in [2.45, 2.75) is 6.54 Å². The molecule has 0 aliphatic carbocycles. The van der Waals surface area contributed by atoms with Gasteiger partial charge in [0.2, 0.25) is 0 Å². The van der Waals surface area contributed by atoms with Crippen molar-refractivity contribution in [3.05, 3.63) is 16.9 Å². The molecule has 0 spiro atoms. The summed E-state index contributed by atoms with van der Waals surface area (Å²) in [5.41, 5.74) is 5.85. The van der Waals surface area contributed by atoms with Crippen molar-refractivity contribution in [2.75, 3.05) is 0 Å². The van der Waals surface area contributed by atoms with E-state index in [4.69, 9.17) is 22.5 Å². The lowest BCUT2D eigenvalue weighted by Crippen LogP contribution is -1.96. The fourth-order valence-electron chi connectivity index (χ4n) is 0.494. The molecule has 0 aliphatic rings. The van der Waals surface area contributed by atoms with Gasteiger partial charge in [-0.2, -0.15) is 0 Å². The van der Waals surface area contributed by atoms with Gasteiger partial charge in [0.25, 0.3) is 0 Å². The van der Waals surface area contributed by atoms with Crippen LogP contribution < -0.4 is 5.73 Å². The van der Waals surface area contributed by atoms with Gasteiger partial charge in [-0.3, -0.25) is 0 Å². The molecule has 0 aromatic carbocycles. The van der Waals surface area contributed by atoms with Gasteiger partial charge in [-0.25, -0.2) is 0 Å². The third-order valence-electron chi connectivity index (χ3n) is 0.983. The first kappa shape index (κ1) is 6.38. The van der Waals surface area contributed by atoms with Gasteiger partial charge in [-0.1, -0.05) is 16.4 Å². The van der Waals surface area contributed by atoms with Crippen LogP contribution in [0.2, 0.25) is 5.15 Å². The van der Waals surface area contributed by atoms with Crippen molar-refractivity contribution in [3.63, 3.8) is 0 Å². The van der Waals surface area contributed by atoms with Crippen LogP contribution in [0.1, 0.15) is 5.56 Å². The van der Waals surface area contributed by atoms with Crippen LogP contribution >= 0.6 is 11.6 Å². The van der Waals surface area contributed by atoms with E-state index in [0.29, 0.717) is 17.0 Å². The number of hydrogen-bond donors (Lipinski definition) is 2. The Morgan fingerprint density at radius 3 is 2.78 bits per heavy atom. The third kappa shape index (κ3) is 0.988. The van der Waals surface area contributed by atoms with Crippen LogP contribution in [0.3, 0.4) is 0 Å². The summed E-state index contributed by atoms with van der Waals surface area (Å²) in [6.07, 6.45) is 1.42. The Hall–Kier alpha value is -0.740. The maximum atomic E-state index is 8.69. The highest BCUT2D eigenvalue weighted by Gasteiger charge is 2.03. The molecule has 0 radical (unpaired) electrons. The molecule has 50 valence electrons. The normalized spacial score (nSPS) is 10.0. The lowest BCUT2D eigenvalue weighted by molar-refractivity contribution is 0.149. The number of nitrogens with two attached hydrogens (primary N) is 1. The van der Waals surface area contributed by atoms with Gasteiger partial charge in [0.05, 0.1) is 6.20 Å². The van der Waals surface area contributed by atoms with Crippen LogP contribution in [0, 0.1) is 0 Å². The summed E-state index contributed by atoms with van der Waals surface area (Å²) in [5, 5.41) is 12.3. The molecule has 4 nitrogen and oxygen atoms in total. The Balaban J connectivity index is 3.04. The number of nitrogens with zero attached hydrogens (tertiary/aromatic N) is 2. The van der Waals surface area contributed by atoms with E-state index in [1.165, 1.54) is 6.20 Å². The van der Waals surface area contributed by atoms with E-state index in [2.05, 4.69) is 5.10 Å². The van der Waals surface area contributed by atoms with Gasteiger partial charge in [0, 0.05) is 12.1 Å². The molecule has 1 aromatic heterocycles. The predicted molar refractivity (Wildman–Crippen MR) is 32.3 cm³/mol. The average molecular weight is 148 g/mol. The summed E-state index contributed by atoms with van der Waals surface area (Å²) < 4.78 is 0. The summed E-state index contributed by atoms with van der Waals surface area (Å²) in [6, 6.07) is 0. The number of halogens is 1. The standard InChI is InChI=1S/C4H6ClN3O/c5-4-3(1-6)2-7-8(4)9/h2,9H,1,6H2. The number of aromatic nitrogens is 2. The Morgan fingerprint density at radius 2 is 2.56 bits per heavy atom. The zero-order valence-electron chi connectivity index (χ0n) is 4.58. The lowest BCUT2D eigenvalue weighted by Gasteiger charge is -1.89. The molecule has 0 saturated carbocycles. The quantitative estimate of drug-likeness (QED) is 0.559. The van der Waals surface area contributed by atoms with Gasteiger partial charge in [-0.15, -0.1) is 5.10 Å². The zero-order valence-corrected chi connectivity index (χ0v) is 5.34. The third-order valence-corrected chi connectivity index (χ3v) is 1.38. The fraction of sp³-hybridized carbons (Fsp3) is 0.250. The van der Waals surface area contributed by atoms with Crippen LogP contribution in [-0.2, 0) is 6.54 Å². The van der Waals surface area contributed by atoms with Crippen molar-refractivity contribution in [1.29, 1.82) is 0 Å². The second-order valence-corrected chi connectivity index (χ2v) is 1.91. The molecule has 1 heterocycles. The molecule has 0 bridgehead atoms. The Bertz CT molecular complexity index is 210. The molecular weight excluding hydrogens is 142 g/mol. The monoisotopic (exact) mass is 147 g/mol. The fourth-order valence-corrected chi connectivity index (χ4v) is 0.663. The molecule has 3 N–H and O–H groups in total. The minimum atomic E-state index is 0.178. The molecule has 9 heavy (non-hydrogen) atoms. The topological polar surface area (TPSA) is 64.1 Å². The SMILES string of the molecule is NCc1cnn(O)c1Cl. The van der Waals surface area contributed by atoms with Gasteiger partial charge >= 0.3 is 0 Å². The molecule has 0 amide bonds. The first-order valence-corrected chi connectivity index (χ1v) is 2.75. The molecule has 0 unspecified atom stereocenters. The van der Waals surface area contributed by atoms with Crippen molar-refractivity contribution in [2.24, 2.45) is 5.73 Å². The minimum absolute atomic E-state index is 0.178. The van der Waals surface area contributed by atoms with Crippen LogP contribution in [0.15, 0.2) is 6.20 Å². The first-order chi connectivity index (χ1) is 4.25.